The maximum atomic E-state index is 5.49. The van der Waals surface area contributed by atoms with Gasteiger partial charge in [-0.25, -0.2) is 0 Å². The molecule has 0 aliphatic carbocycles. The second-order valence-corrected chi connectivity index (χ2v) is 4.03. The second-order valence-electron chi connectivity index (χ2n) is 4.03. The first-order valence-electron chi connectivity index (χ1n) is 5.80. The van der Waals surface area contributed by atoms with Crippen molar-refractivity contribution in [1.29, 1.82) is 0 Å². The van der Waals surface area contributed by atoms with Crippen molar-refractivity contribution in [2.24, 2.45) is 0 Å². The van der Waals surface area contributed by atoms with Crippen molar-refractivity contribution in [3.63, 3.8) is 0 Å². The molecule has 0 radical (unpaired) electrons. The zero-order valence-corrected chi connectivity index (χ0v) is 9.75. The molecule has 1 aliphatic rings. The molecule has 14 heavy (non-hydrogen) atoms. The SMILES string of the molecule is CCC(CN1CCOCC1CC)NC. The quantitative estimate of drug-likeness (QED) is 0.719. The van der Waals surface area contributed by atoms with E-state index >= 15 is 0 Å². The van der Waals surface area contributed by atoms with Crippen molar-refractivity contribution in [2.75, 3.05) is 33.4 Å². The van der Waals surface area contributed by atoms with Gasteiger partial charge in [-0.05, 0) is 19.9 Å². The molecular formula is C11H24N2O. The second kappa shape index (κ2) is 6.38. The Morgan fingerprint density at radius 1 is 1.50 bits per heavy atom. The lowest BCUT2D eigenvalue weighted by Crippen LogP contribution is -2.50. The molecule has 0 aromatic carbocycles. The third-order valence-corrected chi connectivity index (χ3v) is 3.18. The highest BCUT2D eigenvalue weighted by Gasteiger charge is 2.22. The minimum Gasteiger partial charge on any atom is -0.378 e. The lowest BCUT2D eigenvalue weighted by molar-refractivity contribution is -0.0124. The Hall–Kier alpha value is -0.120. The summed E-state index contributed by atoms with van der Waals surface area (Å²) in [5.41, 5.74) is 0. The van der Waals surface area contributed by atoms with Crippen molar-refractivity contribution in [1.82, 2.24) is 10.2 Å². The summed E-state index contributed by atoms with van der Waals surface area (Å²) in [6.45, 7) is 8.55. The van der Waals surface area contributed by atoms with E-state index in [2.05, 4.69) is 31.1 Å². The van der Waals surface area contributed by atoms with Gasteiger partial charge in [-0.15, -0.1) is 0 Å². The zero-order valence-electron chi connectivity index (χ0n) is 9.75. The highest BCUT2D eigenvalue weighted by Crippen LogP contribution is 2.11. The molecule has 1 saturated heterocycles. The lowest BCUT2D eigenvalue weighted by atomic mass is 10.1. The third kappa shape index (κ3) is 3.23. The topological polar surface area (TPSA) is 24.5 Å². The Bertz CT molecular complexity index is 148. The summed E-state index contributed by atoms with van der Waals surface area (Å²) in [6.07, 6.45) is 2.39. The van der Waals surface area contributed by atoms with Gasteiger partial charge >= 0.3 is 0 Å². The van der Waals surface area contributed by atoms with E-state index in [0.717, 1.165) is 26.3 Å². The number of hydrogen-bond donors (Lipinski definition) is 1. The van der Waals surface area contributed by atoms with E-state index in [-0.39, 0.29) is 0 Å². The molecule has 0 saturated carbocycles. The number of nitrogens with one attached hydrogen (secondary N) is 1. The minimum atomic E-state index is 0.627. The molecule has 1 N–H and O–H groups in total. The van der Waals surface area contributed by atoms with Gasteiger partial charge in [0.2, 0.25) is 0 Å². The molecule has 2 unspecified atom stereocenters. The average molecular weight is 200 g/mol. The van der Waals surface area contributed by atoms with Crippen LogP contribution in [0.25, 0.3) is 0 Å². The molecule has 2 atom stereocenters. The highest BCUT2D eigenvalue weighted by molar-refractivity contribution is 4.78. The number of morpholine rings is 1. The van der Waals surface area contributed by atoms with Gasteiger partial charge in [0, 0.05) is 25.2 Å². The molecule has 1 aliphatic heterocycles. The number of nitrogens with zero attached hydrogens (tertiary/aromatic N) is 1. The van der Waals surface area contributed by atoms with E-state index in [1.165, 1.54) is 12.8 Å². The van der Waals surface area contributed by atoms with E-state index in [0.29, 0.717) is 12.1 Å². The van der Waals surface area contributed by atoms with Gasteiger partial charge in [0.25, 0.3) is 0 Å². The molecule has 0 amide bonds. The van der Waals surface area contributed by atoms with E-state index in [1.54, 1.807) is 0 Å². The molecule has 0 spiro atoms. The lowest BCUT2D eigenvalue weighted by Gasteiger charge is -2.37. The van der Waals surface area contributed by atoms with Crippen LogP contribution in [0.5, 0.6) is 0 Å². The number of likely N-dealkylation sites (N-methyl/N-ethyl adjacent to an activating group) is 1. The molecular weight excluding hydrogens is 176 g/mol. The van der Waals surface area contributed by atoms with E-state index in [4.69, 9.17) is 4.74 Å². The average Bonchev–Trinajstić information content (AvgIpc) is 2.26. The smallest absolute Gasteiger partial charge is 0.0622 e. The fourth-order valence-corrected chi connectivity index (χ4v) is 2.01. The fourth-order valence-electron chi connectivity index (χ4n) is 2.01. The van der Waals surface area contributed by atoms with Crippen molar-refractivity contribution < 1.29 is 4.74 Å². The van der Waals surface area contributed by atoms with Crippen molar-refractivity contribution in [3.05, 3.63) is 0 Å². The summed E-state index contributed by atoms with van der Waals surface area (Å²) in [5, 5.41) is 3.36. The Morgan fingerprint density at radius 2 is 2.29 bits per heavy atom. The standard InChI is InChI=1S/C11H24N2O/c1-4-10(12-3)8-13-6-7-14-9-11(13)5-2/h10-12H,4-9H2,1-3H3. The molecule has 1 heterocycles. The molecule has 1 rings (SSSR count). The van der Waals surface area contributed by atoms with Crippen LogP contribution in [0.3, 0.4) is 0 Å². The van der Waals surface area contributed by atoms with Crippen LogP contribution in [-0.4, -0.2) is 50.3 Å². The number of rotatable bonds is 5. The summed E-state index contributed by atoms with van der Waals surface area (Å²) in [4.78, 5) is 2.56. The van der Waals surface area contributed by atoms with Crippen LogP contribution < -0.4 is 5.32 Å². The van der Waals surface area contributed by atoms with Gasteiger partial charge < -0.3 is 10.1 Å². The van der Waals surface area contributed by atoms with Crippen LogP contribution in [0, 0.1) is 0 Å². The van der Waals surface area contributed by atoms with Crippen LogP contribution in [0.1, 0.15) is 26.7 Å². The Kier molecular flexibility index (Phi) is 5.45. The van der Waals surface area contributed by atoms with Crippen molar-refractivity contribution >= 4 is 0 Å². The molecule has 0 aromatic heterocycles. The minimum absolute atomic E-state index is 0.627. The van der Waals surface area contributed by atoms with Crippen LogP contribution in [-0.2, 0) is 4.74 Å². The Labute approximate surface area is 87.8 Å². The zero-order chi connectivity index (χ0) is 10.4. The van der Waals surface area contributed by atoms with Gasteiger partial charge in [-0.3, -0.25) is 4.90 Å². The summed E-state index contributed by atoms with van der Waals surface area (Å²) < 4.78 is 5.49. The van der Waals surface area contributed by atoms with E-state index < -0.39 is 0 Å². The summed E-state index contributed by atoms with van der Waals surface area (Å²) in [6, 6.07) is 1.26. The van der Waals surface area contributed by atoms with E-state index in [9.17, 15) is 0 Å². The Morgan fingerprint density at radius 3 is 2.86 bits per heavy atom. The van der Waals surface area contributed by atoms with Crippen LogP contribution >= 0.6 is 0 Å². The molecule has 0 bridgehead atoms. The summed E-state index contributed by atoms with van der Waals surface area (Å²) >= 11 is 0. The maximum absolute atomic E-state index is 5.49. The molecule has 84 valence electrons. The molecule has 3 nitrogen and oxygen atoms in total. The van der Waals surface area contributed by atoms with Crippen LogP contribution in [0.15, 0.2) is 0 Å². The Balaban J connectivity index is 2.39. The van der Waals surface area contributed by atoms with Crippen LogP contribution in [0.2, 0.25) is 0 Å². The number of hydrogen-bond acceptors (Lipinski definition) is 3. The largest absolute Gasteiger partial charge is 0.378 e. The van der Waals surface area contributed by atoms with Gasteiger partial charge in [0.15, 0.2) is 0 Å². The highest BCUT2D eigenvalue weighted by atomic mass is 16.5. The van der Waals surface area contributed by atoms with Crippen LogP contribution in [0.4, 0.5) is 0 Å². The third-order valence-electron chi connectivity index (χ3n) is 3.18. The fraction of sp³-hybridized carbons (Fsp3) is 1.00. The first-order chi connectivity index (χ1) is 6.81. The molecule has 1 fully saturated rings. The van der Waals surface area contributed by atoms with Gasteiger partial charge in [-0.2, -0.15) is 0 Å². The van der Waals surface area contributed by atoms with Gasteiger partial charge in [0.1, 0.15) is 0 Å². The van der Waals surface area contributed by atoms with E-state index in [1.807, 2.05) is 0 Å². The molecule has 0 aromatic rings. The first-order valence-corrected chi connectivity index (χ1v) is 5.80. The van der Waals surface area contributed by atoms with Crippen molar-refractivity contribution in [3.8, 4) is 0 Å². The molecule has 3 heteroatoms. The van der Waals surface area contributed by atoms with Gasteiger partial charge in [-0.1, -0.05) is 13.8 Å². The maximum Gasteiger partial charge on any atom is 0.0622 e. The first kappa shape index (κ1) is 12.0. The normalized spacial score (nSPS) is 26.4. The van der Waals surface area contributed by atoms with Crippen molar-refractivity contribution in [2.45, 2.75) is 38.8 Å². The predicted molar refractivity (Wildman–Crippen MR) is 59.6 cm³/mol. The number of ether oxygens (including phenoxy) is 1. The van der Waals surface area contributed by atoms with Gasteiger partial charge in [0.05, 0.1) is 13.2 Å². The monoisotopic (exact) mass is 200 g/mol. The summed E-state index contributed by atoms with van der Waals surface area (Å²) in [7, 11) is 2.05. The predicted octanol–water partition coefficient (Wildman–Crippen LogP) is 1.10. The summed E-state index contributed by atoms with van der Waals surface area (Å²) in [5.74, 6) is 0.